The fourth-order valence-corrected chi connectivity index (χ4v) is 5.61. The summed E-state index contributed by atoms with van der Waals surface area (Å²) in [6.45, 7) is 5.30. The fourth-order valence-electron chi connectivity index (χ4n) is 4.01. The van der Waals surface area contributed by atoms with Crippen LogP contribution in [-0.4, -0.2) is 70.1 Å². The van der Waals surface area contributed by atoms with Crippen molar-refractivity contribution in [3.63, 3.8) is 0 Å². The van der Waals surface area contributed by atoms with Crippen LogP contribution in [0.15, 0.2) is 24.5 Å². The number of rotatable bonds is 5. The van der Waals surface area contributed by atoms with Gasteiger partial charge in [-0.2, -0.15) is 0 Å². The minimum Gasteiger partial charge on any atom is -0.367 e. The molecular formula is C18H25N3O2S. The maximum Gasteiger partial charge on any atom is 0.248 e. The quantitative estimate of drug-likeness (QED) is 0.812. The predicted octanol–water partition coefficient (Wildman–Crippen LogP) is 1.78. The first-order valence-corrected chi connectivity index (χ1v) is 9.86. The van der Waals surface area contributed by atoms with Crippen LogP contribution in [0.25, 0.3) is 0 Å². The Hall–Kier alpha value is -1.11. The van der Waals surface area contributed by atoms with Crippen LogP contribution < -0.4 is 0 Å². The molecule has 0 aromatic carbocycles. The number of ether oxygens (including phenoxy) is 1. The van der Waals surface area contributed by atoms with Crippen molar-refractivity contribution in [1.29, 1.82) is 0 Å². The van der Waals surface area contributed by atoms with Crippen LogP contribution in [0, 0.1) is 0 Å². The van der Waals surface area contributed by atoms with E-state index in [1.54, 1.807) is 0 Å². The van der Waals surface area contributed by atoms with Crippen molar-refractivity contribution in [2.24, 2.45) is 0 Å². The van der Waals surface area contributed by atoms with Gasteiger partial charge in [0.25, 0.3) is 0 Å². The Balaban J connectivity index is 1.19. The molecule has 0 radical (unpaired) electrons. The number of amides is 1. The van der Waals surface area contributed by atoms with Crippen molar-refractivity contribution in [1.82, 2.24) is 14.8 Å². The number of carbonyl (C=O) groups is 1. The number of hydrogen-bond acceptors (Lipinski definition) is 5. The minimum atomic E-state index is 0.172. The van der Waals surface area contributed by atoms with E-state index in [1.807, 2.05) is 35.1 Å². The average Bonchev–Trinajstić information content (AvgIpc) is 3.23. The molecule has 3 aliphatic rings. The molecule has 6 heteroatoms. The summed E-state index contributed by atoms with van der Waals surface area (Å²) >= 11 is 2.03. The first-order chi connectivity index (χ1) is 11.7. The molecular weight excluding hydrogens is 322 g/mol. The van der Waals surface area contributed by atoms with E-state index < -0.39 is 0 Å². The zero-order valence-corrected chi connectivity index (χ0v) is 14.8. The van der Waals surface area contributed by atoms with Gasteiger partial charge in [0, 0.05) is 55.6 Å². The van der Waals surface area contributed by atoms with Gasteiger partial charge in [-0.05, 0) is 30.9 Å². The Bertz CT molecular complexity index is 571. The lowest BCUT2D eigenvalue weighted by Gasteiger charge is -2.47. The molecule has 5 nitrogen and oxygen atoms in total. The number of aromatic nitrogens is 1. The molecule has 4 heterocycles. The largest absolute Gasteiger partial charge is 0.367 e. The minimum absolute atomic E-state index is 0.172. The van der Waals surface area contributed by atoms with Crippen LogP contribution in [0.2, 0.25) is 0 Å². The highest BCUT2D eigenvalue weighted by molar-refractivity contribution is 8.01. The highest BCUT2D eigenvalue weighted by Crippen LogP contribution is 2.46. The van der Waals surface area contributed by atoms with E-state index in [0.29, 0.717) is 4.75 Å². The molecule has 1 spiro atoms. The van der Waals surface area contributed by atoms with Gasteiger partial charge in [0.15, 0.2) is 0 Å². The van der Waals surface area contributed by atoms with Crippen LogP contribution in [0.1, 0.15) is 24.8 Å². The van der Waals surface area contributed by atoms with E-state index in [1.165, 1.54) is 5.56 Å². The number of carbonyl (C=O) groups excluding carboxylic acids is 1. The van der Waals surface area contributed by atoms with E-state index in [9.17, 15) is 4.79 Å². The third-order valence-corrected chi connectivity index (χ3v) is 6.80. The molecule has 3 saturated heterocycles. The van der Waals surface area contributed by atoms with Crippen molar-refractivity contribution in [2.45, 2.75) is 36.7 Å². The molecule has 1 atom stereocenters. The van der Waals surface area contributed by atoms with Crippen LogP contribution in [-0.2, 0) is 16.1 Å². The van der Waals surface area contributed by atoms with Gasteiger partial charge in [-0.1, -0.05) is 6.07 Å². The van der Waals surface area contributed by atoms with E-state index in [0.717, 1.165) is 57.7 Å². The van der Waals surface area contributed by atoms with Crippen molar-refractivity contribution in [2.75, 3.05) is 38.5 Å². The summed E-state index contributed by atoms with van der Waals surface area (Å²) in [6, 6.07) is 4.13. The Morgan fingerprint density at radius 2 is 2.21 bits per heavy atom. The van der Waals surface area contributed by atoms with E-state index in [4.69, 9.17) is 4.74 Å². The maximum atomic E-state index is 12.1. The van der Waals surface area contributed by atoms with E-state index in [2.05, 4.69) is 16.0 Å². The van der Waals surface area contributed by atoms with Gasteiger partial charge in [0.2, 0.25) is 5.91 Å². The van der Waals surface area contributed by atoms with Crippen LogP contribution in [0.3, 0.4) is 0 Å². The number of hydrogen-bond donors (Lipinski definition) is 0. The lowest BCUT2D eigenvalue weighted by Crippen LogP contribution is -2.58. The second kappa shape index (κ2) is 7.02. The van der Waals surface area contributed by atoms with Crippen LogP contribution >= 0.6 is 11.8 Å². The zero-order valence-electron chi connectivity index (χ0n) is 14.0. The van der Waals surface area contributed by atoms with Crippen LogP contribution in [0.5, 0.6) is 0 Å². The molecule has 1 aromatic rings. The second-order valence-corrected chi connectivity index (χ2v) is 8.71. The van der Waals surface area contributed by atoms with Gasteiger partial charge >= 0.3 is 0 Å². The average molecular weight is 347 g/mol. The standard InChI is InChI=1S/C18H25N3O2S/c22-17(21-6-1-2-7-21)11-23-16-8-18(24-12-16)13-20(14-18)10-15-4-3-5-19-9-15/h3-5,9,16H,1-2,6-8,10-14H2. The zero-order chi connectivity index (χ0) is 16.4. The summed E-state index contributed by atoms with van der Waals surface area (Å²) in [5.41, 5.74) is 1.28. The van der Waals surface area contributed by atoms with Crippen molar-refractivity contribution in [3.05, 3.63) is 30.1 Å². The molecule has 4 rings (SSSR count). The fraction of sp³-hybridized carbons (Fsp3) is 0.667. The topological polar surface area (TPSA) is 45.7 Å². The first kappa shape index (κ1) is 16.4. The van der Waals surface area contributed by atoms with Gasteiger partial charge in [-0.15, -0.1) is 11.8 Å². The summed E-state index contributed by atoms with van der Waals surface area (Å²) in [7, 11) is 0. The number of nitrogens with zero attached hydrogens (tertiary/aromatic N) is 3. The molecule has 0 aliphatic carbocycles. The van der Waals surface area contributed by atoms with Gasteiger partial charge in [0.1, 0.15) is 6.61 Å². The summed E-state index contributed by atoms with van der Waals surface area (Å²) < 4.78 is 6.27. The molecule has 1 unspecified atom stereocenters. The van der Waals surface area contributed by atoms with Gasteiger partial charge in [-0.25, -0.2) is 0 Å². The molecule has 0 saturated carbocycles. The Morgan fingerprint density at radius 1 is 1.38 bits per heavy atom. The maximum absolute atomic E-state index is 12.1. The van der Waals surface area contributed by atoms with Gasteiger partial charge in [-0.3, -0.25) is 14.7 Å². The molecule has 3 aliphatic heterocycles. The lowest BCUT2D eigenvalue weighted by molar-refractivity contribution is -0.136. The Morgan fingerprint density at radius 3 is 2.96 bits per heavy atom. The van der Waals surface area contributed by atoms with E-state index >= 15 is 0 Å². The van der Waals surface area contributed by atoms with Crippen molar-refractivity contribution in [3.8, 4) is 0 Å². The number of thioether (sulfide) groups is 1. The summed E-state index contributed by atoms with van der Waals surface area (Å²) in [4.78, 5) is 20.7. The molecule has 24 heavy (non-hydrogen) atoms. The summed E-state index contributed by atoms with van der Waals surface area (Å²) in [5.74, 6) is 1.19. The summed E-state index contributed by atoms with van der Waals surface area (Å²) in [5, 5.41) is 0. The molecule has 1 aromatic heterocycles. The van der Waals surface area contributed by atoms with Crippen molar-refractivity contribution < 1.29 is 9.53 Å². The highest BCUT2D eigenvalue weighted by Gasteiger charge is 2.49. The highest BCUT2D eigenvalue weighted by atomic mass is 32.2. The second-order valence-electron chi connectivity index (χ2n) is 7.23. The molecule has 0 bridgehead atoms. The normalized spacial score (nSPS) is 26.0. The molecule has 1 amide bonds. The van der Waals surface area contributed by atoms with Gasteiger partial charge < -0.3 is 9.64 Å². The third kappa shape index (κ3) is 3.60. The first-order valence-electron chi connectivity index (χ1n) is 8.87. The summed E-state index contributed by atoms with van der Waals surface area (Å²) in [6.07, 6.45) is 7.36. The van der Waals surface area contributed by atoms with Crippen molar-refractivity contribution >= 4 is 17.7 Å². The van der Waals surface area contributed by atoms with E-state index in [-0.39, 0.29) is 18.6 Å². The number of likely N-dealkylation sites (tertiary alicyclic amines) is 2. The monoisotopic (exact) mass is 347 g/mol. The SMILES string of the molecule is O=C(COC1CSC2(C1)CN(Cc1cccnc1)C2)N1CCCC1. The Kier molecular flexibility index (Phi) is 4.79. The molecule has 130 valence electrons. The Labute approximate surface area is 147 Å². The third-order valence-electron chi connectivity index (χ3n) is 5.23. The van der Waals surface area contributed by atoms with Crippen LogP contribution in [0.4, 0.5) is 0 Å². The molecule has 3 fully saturated rings. The lowest BCUT2D eigenvalue weighted by atomic mass is 9.92. The predicted molar refractivity (Wildman–Crippen MR) is 94.9 cm³/mol. The smallest absolute Gasteiger partial charge is 0.248 e. The number of pyridine rings is 1. The van der Waals surface area contributed by atoms with Gasteiger partial charge in [0.05, 0.1) is 6.10 Å². The molecule has 0 N–H and O–H groups in total.